The van der Waals surface area contributed by atoms with E-state index in [1.54, 1.807) is 43.6 Å². The van der Waals surface area contributed by atoms with Crippen molar-refractivity contribution in [2.24, 2.45) is 0 Å². The lowest BCUT2D eigenvalue weighted by molar-refractivity contribution is 0.0950. The Bertz CT molecular complexity index is 1280. The topological polar surface area (TPSA) is 69.0 Å². The van der Waals surface area contributed by atoms with Gasteiger partial charge in [-0.1, -0.05) is 6.07 Å². The van der Waals surface area contributed by atoms with Gasteiger partial charge in [-0.25, -0.2) is 8.78 Å². The number of hydrogen-bond acceptors (Lipinski definition) is 4. The maximum Gasteiger partial charge on any atom is 0.251 e. The highest BCUT2D eigenvalue weighted by Gasteiger charge is 2.14. The van der Waals surface area contributed by atoms with Gasteiger partial charge in [-0.2, -0.15) is 5.10 Å². The standard InChI is InChI=1S/C25H22F2N4O2/c1-3-31-15-18(14-30-31)23-12-21(7-8-28-23)33-24-6-4-5-22(16(24)2)25(32)29-13-17-9-19(26)11-20(27)10-17/h4-12,14-15H,3,13H2,1-2H3,(H,29,32). The van der Waals surface area contributed by atoms with E-state index in [0.717, 1.165) is 23.9 Å². The number of hydrogen-bond donors (Lipinski definition) is 1. The molecule has 2 aromatic heterocycles. The molecule has 0 unspecified atom stereocenters. The summed E-state index contributed by atoms with van der Waals surface area (Å²) in [5.41, 5.74) is 2.98. The van der Waals surface area contributed by atoms with Crippen LogP contribution < -0.4 is 10.1 Å². The first-order valence-electron chi connectivity index (χ1n) is 10.4. The first kappa shape index (κ1) is 22.1. The van der Waals surface area contributed by atoms with Crippen LogP contribution >= 0.6 is 0 Å². The Morgan fingerprint density at radius 2 is 1.91 bits per heavy atom. The van der Waals surface area contributed by atoms with Gasteiger partial charge in [0.15, 0.2) is 0 Å². The number of amides is 1. The molecule has 6 nitrogen and oxygen atoms in total. The number of carbonyl (C=O) groups is 1. The van der Waals surface area contributed by atoms with Gasteiger partial charge >= 0.3 is 0 Å². The van der Waals surface area contributed by atoms with Crippen LogP contribution in [0.15, 0.2) is 67.1 Å². The number of rotatable bonds is 7. The van der Waals surface area contributed by atoms with Gasteiger partial charge in [0.05, 0.1) is 11.9 Å². The predicted molar refractivity (Wildman–Crippen MR) is 120 cm³/mol. The second kappa shape index (κ2) is 9.60. The van der Waals surface area contributed by atoms with Crippen LogP contribution in [0.25, 0.3) is 11.3 Å². The van der Waals surface area contributed by atoms with Gasteiger partial charge in [0.1, 0.15) is 23.1 Å². The average molecular weight is 448 g/mol. The Kier molecular flexibility index (Phi) is 6.44. The molecule has 0 radical (unpaired) electrons. The summed E-state index contributed by atoms with van der Waals surface area (Å²) in [6, 6.07) is 11.8. The van der Waals surface area contributed by atoms with Crippen molar-refractivity contribution in [3.8, 4) is 22.8 Å². The smallest absolute Gasteiger partial charge is 0.251 e. The van der Waals surface area contributed by atoms with E-state index in [1.807, 2.05) is 23.9 Å². The number of benzene rings is 2. The molecular formula is C25H22F2N4O2. The Labute approximate surface area is 189 Å². The second-order valence-electron chi connectivity index (χ2n) is 7.45. The molecule has 0 aliphatic rings. The molecule has 4 rings (SSSR count). The van der Waals surface area contributed by atoms with E-state index in [-0.39, 0.29) is 12.5 Å². The van der Waals surface area contributed by atoms with Crippen molar-refractivity contribution in [3.05, 3.63) is 95.4 Å². The van der Waals surface area contributed by atoms with Crippen LogP contribution in [0.5, 0.6) is 11.5 Å². The minimum Gasteiger partial charge on any atom is -0.457 e. The van der Waals surface area contributed by atoms with E-state index in [1.165, 1.54) is 12.1 Å². The molecule has 0 saturated carbocycles. The molecule has 2 heterocycles. The number of nitrogens with zero attached hydrogens (tertiary/aromatic N) is 3. The van der Waals surface area contributed by atoms with Gasteiger partial charge in [0.2, 0.25) is 0 Å². The van der Waals surface area contributed by atoms with Crippen LogP contribution in [0, 0.1) is 18.6 Å². The number of aryl methyl sites for hydroxylation is 1. The van der Waals surface area contributed by atoms with Crippen molar-refractivity contribution in [1.82, 2.24) is 20.1 Å². The third-order valence-electron chi connectivity index (χ3n) is 5.12. The Hall–Kier alpha value is -4.07. The monoisotopic (exact) mass is 448 g/mol. The highest BCUT2D eigenvalue weighted by molar-refractivity contribution is 5.96. The summed E-state index contributed by atoms with van der Waals surface area (Å²) >= 11 is 0. The molecule has 0 spiro atoms. The highest BCUT2D eigenvalue weighted by atomic mass is 19.1. The van der Waals surface area contributed by atoms with Crippen molar-refractivity contribution >= 4 is 5.91 Å². The van der Waals surface area contributed by atoms with E-state index >= 15 is 0 Å². The van der Waals surface area contributed by atoms with Crippen LogP contribution in [-0.4, -0.2) is 20.7 Å². The van der Waals surface area contributed by atoms with Crippen LogP contribution in [0.4, 0.5) is 8.78 Å². The minimum atomic E-state index is -0.690. The van der Waals surface area contributed by atoms with E-state index in [0.29, 0.717) is 28.2 Å². The maximum absolute atomic E-state index is 13.4. The number of aromatic nitrogens is 3. The largest absolute Gasteiger partial charge is 0.457 e. The summed E-state index contributed by atoms with van der Waals surface area (Å²) in [5, 5.41) is 6.96. The third kappa shape index (κ3) is 5.23. The molecular weight excluding hydrogens is 426 g/mol. The molecule has 0 atom stereocenters. The molecule has 0 aliphatic heterocycles. The van der Waals surface area contributed by atoms with Crippen molar-refractivity contribution in [2.75, 3.05) is 0 Å². The fourth-order valence-electron chi connectivity index (χ4n) is 3.39. The molecule has 33 heavy (non-hydrogen) atoms. The minimum absolute atomic E-state index is 0.00278. The molecule has 0 fully saturated rings. The van der Waals surface area contributed by atoms with Crippen molar-refractivity contribution in [1.29, 1.82) is 0 Å². The van der Waals surface area contributed by atoms with Crippen LogP contribution in [-0.2, 0) is 13.1 Å². The maximum atomic E-state index is 13.4. The SMILES string of the molecule is CCn1cc(-c2cc(Oc3cccc(C(=O)NCc4cc(F)cc(F)c4)c3C)ccn2)cn1. The second-order valence-corrected chi connectivity index (χ2v) is 7.45. The van der Waals surface area contributed by atoms with E-state index in [4.69, 9.17) is 4.74 Å². The molecule has 1 amide bonds. The summed E-state index contributed by atoms with van der Waals surface area (Å²) in [5.74, 6) is -0.666. The molecule has 2 aromatic carbocycles. The number of pyridine rings is 1. The summed E-state index contributed by atoms with van der Waals surface area (Å²) in [7, 11) is 0. The lowest BCUT2D eigenvalue weighted by Crippen LogP contribution is -2.23. The Balaban J connectivity index is 1.50. The van der Waals surface area contributed by atoms with Crippen molar-refractivity contribution in [2.45, 2.75) is 26.9 Å². The lowest BCUT2D eigenvalue weighted by atomic mass is 10.1. The van der Waals surface area contributed by atoms with Gasteiger partial charge < -0.3 is 10.1 Å². The van der Waals surface area contributed by atoms with E-state index in [9.17, 15) is 13.6 Å². The zero-order valence-electron chi connectivity index (χ0n) is 18.2. The van der Waals surface area contributed by atoms with Crippen LogP contribution in [0.2, 0.25) is 0 Å². The third-order valence-corrected chi connectivity index (χ3v) is 5.12. The highest BCUT2D eigenvalue weighted by Crippen LogP contribution is 2.29. The normalized spacial score (nSPS) is 10.8. The summed E-state index contributed by atoms with van der Waals surface area (Å²) < 4.78 is 34.6. The van der Waals surface area contributed by atoms with Crippen molar-refractivity contribution in [3.63, 3.8) is 0 Å². The molecule has 168 valence electrons. The number of halogens is 2. The van der Waals surface area contributed by atoms with Crippen LogP contribution in [0.3, 0.4) is 0 Å². The molecule has 0 saturated heterocycles. The number of ether oxygens (including phenoxy) is 1. The number of nitrogens with one attached hydrogen (secondary N) is 1. The average Bonchev–Trinajstić information content (AvgIpc) is 3.28. The summed E-state index contributed by atoms with van der Waals surface area (Å²) in [6.45, 7) is 4.54. The number of carbonyl (C=O) groups excluding carboxylic acids is 1. The van der Waals surface area contributed by atoms with Gasteiger partial charge in [0.25, 0.3) is 5.91 Å². The predicted octanol–water partition coefficient (Wildman–Crippen LogP) is 5.27. The van der Waals surface area contributed by atoms with Crippen molar-refractivity contribution < 1.29 is 18.3 Å². The van der Waals surface area contributed by atoms with E-state index in [2.05, 4.69) is 15.4 Å². The summed E-state index contributed by atoms with van der Waals surface area (Å²) in [6.07, 6.45) is 5.31. The molecule has 0 aliphatic carbocycles. The van der Waals surface area contributed by atoms with E-state index < -0.39 is 11.6 Å². The zero-order valence-corrected chi connectivity index (χ0v) is 18.2. The molecule has 0 bridgehead atoms. The molecule has 4 aromatic rings. The quantitative estimate of drug-likeness (QED) is 0.418. The summed E-state index contributed by atoms with van der Waals surface area (Å²) in [4.78, 5) is 17.1. The first-order chi connectivity index (χ1) is 15.9. The first-order valence-corrected chi connectivity index (χ1v) is 10.4. The van der Waals surface area contributed by atoms with Gasteiger partial charge in [-0.3, -0.25) is 14.5 Å². The molecule has 8 heteroatoms. The Morgan fingerprint density at radius 1 is 1.12 bits per heavy atom. The lowest BCUT2D eigenvalue weighted by Gasteiger charge is -2.13. The van der Waals surface area contributed by atoms with Crippen LogP contribution in [0.1, 0.15) is 28.4 Å². The fourth-order valence-corrected chi connectivity index (χ4v) is 3.39. The fraction of sp³-hybridized carbons (Fsp3) is 0.160. The molecule has 1 N–H and O–H groups in total. The zero-order chi connectivity index (χ0) is 23.4. The van der Waals surface area contributed by atoms with Gasteiger partial charge in [-0.05, 0) is 49.7 Å². The van der Waals surface area contributed by atoms with Gasteiger partial charge in [0, 0.05) is 54.3 Å². The van der Waals surface area contributed by atoms with Gasteiger partial charge in [-0.15, -0.1) is 0 Å². The Morgan fingerprint density at radius 3 is 2.64 bits per heavy atom.